The fraction of sp³-hybridized carbons (Fsp3) is 0.250. The Morgan fingerprint density at radius 2 is 1.75 bits per heavy atom. The van der Waals surface area contributed by atoms with Crippen molar-refractivity contribution < 1.29 is 18.4 Å². The molecule has 1 aliphatic rings. The van der Waals surface area contributed by atoms with Crippen LogP contribution in [0.15, 0.2) is 59.3 Å². The maximum Gasteiger partial charge on any atom is 0.256 e. The van der Waals surface area contributed by atoms with Gasteiger partial charge in [0, 0.05) is 30.1 Å². The van der Waals surface area contributed by atoms with Crippen LogP contribution >= 0.6 is 22.9 Å². The minimum atomic E-state index is -0.878. The molecule has 0 saturated carbocycles. The molecule has 8 heteroatoms. The number of piperidine rings is 1. The number of carbonyl (C=O) groups is 2. The third kappa shape index (κ3) is 5.00. The first kappa shape index (κ1) is 22.4. The van der Waals surface area contributed by atoms with Gasteiger partial charge >= 0.3 is 0 Å². The molecule has 4 rings (SSSR count). The van der Waals surface area contributed by atoms with Crippen molar-refractivity contribution in [2.45, 2.75) is 18.9 Å². The molecule has 0 bridgehead atoms. The number of carbonyl (C=O) groups excluding carboxylic acids is 2. The molecule has 0 aliphatic carbocycles. The maximum atomic E-state index is 14.0. The van der Waals surface area contributed by atoms with E-state index in [9.17, 15) is 18.4 Å². The van der Waals surface area contributed by atoms with Crippen molar-refractivity contribution in [2.75, 3.05) is 13.1 Å². The summed E-state index contributed by atoms with van der Waals surface area (Å²) < 4.78 is 27.1. The van der Waals surface area contributed by atoms with Crippen molar-refractivity contribution in [1.29, 1.82) is 0 Å². The highest BCUT2D eigenvalue weighted by Crippen LogP contribution is 2.27. The highest BCUT2D eigenvalue weighted by molar-refractivity contribution is 7.08. The van der Waals surface area contributed by atoms with E-state index in [0.29, 0.717) is 37.0 Å². The number of benzene rings is 2. The predicted octanol–water partition coefficient (Wildman–Crippen LogP) is 5.44. The standard InChI is InChI=1S/C24H21ClF2N2O2S/c25-18-3-1-15(2-4-18)22(17-9-12-32-14-17)28-23(30)16-7-10-29(11-8-16)24(31)20-6-5-19(26)13-21(20)27/h1-6,9,12-14,16,22H,7-8,10-11H2,(H,28,30). The summed E-state index contributed by atoms with van der Waals surface area (Å²) in [4.78, 5) is 27.2. The Morgan fingerprint density at radius 1 is 1.03 bits per heavy atom. The zero-order valence-corrected chi connectivity index (χ0v) is 18.6. The zero-order valence-electron chi connectivity index (χ0n) is 17.1. The third-order valence-corrected chi connectivity index (χ3v) is 6.63. The fourth-order valence-electron chi connectivity index (χ4n) is 3.89. The highest BCUT2D eigenvalue weighted by atomic mass is 35.5. The smallest absolute Gasteiger partial charge is 0.256 e. The molecule has 1 N–H and O–H groups in total. The van der Waals surface area contributed by atoms with Crippen LogP contribution < -0.4 is 5.32 Å². The van der Waals surface area contributed by atoms with E-state index in [0.717, 1.165) is 23.3 Å². The first-order valence-electron chi connectivity index (χ1n) is 10.2. The average molecular weight is 475 g/mol. The van der Waals surface area contributed by atoms with Gasteiger partial charge < -0.3 is 10.2 Å². The van der Waals surface area contributed by atoms with E-state index in [1.54, 1.807) is 23.5 Å². The van der Waals surface area contributed by atoms with E-state index in [-0.39, 0.29) is 23.4 Å². The summed E-state index contributed by atoms with van der Waals surface area (Å²) in [6.07, 6.45) is 0.939. The van der Waals surface area contributed by atoms with Crippen molar-refractivity contribution in [2.24, 2.45) is 5.92 Å². The van der Waals surface area contributed by atoms with Crippen molar-refractivity contribution >= 4 is 34.8 Å². The zero-order chi connectivity index (χ0) is 22.7. The number of likely N-dealkylation sites (tertiary alicyclic amines) is 1. The SMILES string of the molecule is O=C(NC(c1ccc(Cl)cc1)c1ccsc1)C1CCN(C(=O)c2ccc(F)cc2F)CC1. The van der Waals surface area contributed by atoms with Crippen LogP contribution in [0.25, 0.3) is 0 Å². The van der Waals surface area contributed by atoms with Gasteiger partial charge in [-0.2, -0.15) is 11.3 Å². The van der Waals surface area contributed by atoms with E-state index in [4.69, 9.17) is 11.6 Å². The molecule has 1 atom stereocenters. The highest BCUT2D eigenvalue weighted by Gasteiger charge is 2.30. The van der Waals surface area contributed by atoms with E-state index >= 15 is 0 Å². The largest absolute Gasteiger partial charge is 0.345 e. The van der Waals surface area contributed by atoms with Gasteiger partial charge in [0.05, 0.1) is 11.6 Å². The minimum Gasteiger partial charge on any atom is -0.345 e. The molecule has 4 nitrogen and oxygen atoms in total. The summed E-state index contributed by atoms with van der Waals surface area (Å²) in [5.74, 6) is -2.44. The summed E-state index contributed by atoms with van der Waals surface area (Å²) in [5.41, 5.74) is 1.76. The van der Waals surface area contributed by atoms with Crippen LogP contribution in [-0.4, -0.2) is 29.8 Å². The Balaban J connectivity index is 1.41. The lowest BCUT2D eigenvalue weighted by Crippen LogP contribution is -2.44. The Kier molecular flexibility index (Phi) is 6.86. The second kappa shape index (κ2) is 9.79. The molecule has 1 saturated heterocycles. The molecule has 32 heavy (non-hydrogen) atoms. The third-order valence-electron chi connectivity index (χ3n) is 5.68. The van der Waals surface area contributed by atoms with Crippen molar-refractivity contribution in [3.05, 3.63) is 92.6 Å². The molecule has 1 fully saturated rings. The summed E-state index contributed by atoms with van der Waals surface area (Å²) in [6.45, 7) is 0.662. The quantitative estimate of drug-likeness (QED) is 0.535. The van der Waals surface area contributed by atoms with E-state index < -0.39 is 17.5 Å². The molecule has 1 aliphatic heterocycles. The molecule has 0 radical (unpaired) electrons. The first-order valence-corrected chi connectivity index (χ1v) is 11.6. The molecule has 0 spiro atoms. The molecule has 2 aromatic carbocycles. The van der Waals surface area contributed by atoms with Crippen molar-refractivity contribution in [1.82, 2.24) is 10.2 Å². The summed E-state index contributed by atoms with van der Waals surface area (Å²) >= 11 is 7.57. The Hall–Kier alpha value is -2.77. The predicted molar refractivity (Wildman–Crippen MR) is 121 cm³/mol. The second-order valence-corrected chi connectivity index (χ2v) is 8.96. The number of amides is 2. The molecule has 2 heterocycles. The number of thiophene rings is 1. The number of hydrogen-bond acceptors (Lipinski definition) is 3. The lowest BCUT2D eigenvalue weighted by Gasteiger charge is -2.32. The van der Waals surface area contributed by atoms with Crippen molar-refractivity contribution in [3.63, 3.8) is 0 Å². The first-order chi connectivity index (χ1) is 15.4. The van der Waals surface area contributed by atoms with Crippen LogP contribution in [0.3, 0.4) is 0 Å². The van der Waals surface area contributed by atoms with Gasteiger partial charge in [0.1, 0.15) is 11.6 Å². The fourth-order valence-corrected chi connectivity index (χ4v) is 4.70. The Morgan fingerprint density at radius 3 is 2.38 bits per heavy atom. The van der Waals surface area contributed by atoms with Crippen molar-refractivity contribution in [3.8, 4) is 0 Å². The molecule has 3 aromatic rings. The second-order valence-electron chi connectivity index (χ2n) is 7.74. The summed E-state index contributed by atoms with van der Waals surface area (Å²) in [7, 11) is 0. The maximum absolute atomic E-state index is 14.0. The molecule has 2 amide bonds. The lowest BCUT2D eigenvalue weighted by molar-refractivity contribution is -0.126. The molecule has 1 aromatic heterocycles. The van der Waals surface area contributed by atoms with Gasteiger partial charge in [-0.1, -0.05) is 23.7 Å². The van der Waals surface area contributed by atoms with Gasteiger partial charge in [-0.25, -0.2) is 8.78 Å². The van der Waals surface area contributed by atoms with Crippen LogP contribution in [0.4, 0.5) is 8.78 Å². The number of nitrogens with zero attached hydrogens (tertiary/aromatic N) is 1. The van der Waals surface area contributed by atoms with Gasteiger partial charge in [-0.05, 0) is 65.1 Å². The minimum absolute atomic E-state index is 0.0868. The molecular weight excluding hydrogens is 454 g/mol. The molecule has 166 valence electrons. The summed E-state index contributed by atoms with van der Waals surface area (Å²) in [5, 5.41) is 7.72. The lowest BCUT2D eigenvalue weighted by atomic mass is 9.93. The number of halogens is 3. The van der Waals surface area contributed by atoms with E-state index in [1.807, 2.05) is 29.0 Å². The number of hydrogen-bond donors (Lipinski definition) is 1. The molecular formula is C24H21ClF2N2O2S. The van der Waals surface area contributed by atoms with Crippen LogP contribution in [0.5, 0.6) is 0 Å². The average Bonchev–Trinajstić information content (AvgIpc) is 3.32. The molecule has 1 unspecified atom stereocenters. The number of nitrogens with one attached hydrogen (secondary N) is 1. The van der Waals surface area contributed by atoms with Gasteiger partial charge in [-0.15, -0.1) is 0 Å². The number of rotatable bonds is 5. The van der Waals surface area contributed by atoms with Gasteiger partial charge in [0.15, 0.2) is 0 Å². The monoisotopic (exact) mass is 474 g/mol. The Labute approximate surface area is 193 Å². The van der Waals surface area contributed by atoms with E-state index in [1.165, 1.54) is 4.90 Å². The topological polar surface area (TPSA) is 49.4 Å². The normalized spacial score (nSPS) is 15.4. The van der Waals surface area contributed by atoms with E-state index in [2.05, 4.69) is 5.32 Å². The van der Waals surface area contributed by atoms with Gasteiger partial charge in [0.2, 0.25) is 5.91 Å². The van der Waals surface area contributed by atoms with Crippen LogP contribution in [0.1, 0.15) is 40.4 Å². The van der Waals surface area contributed by atoms with Crippen LogP contribution in [-0.2, 0) is 4.79 Å². The van der Waals surface area contributed by atoms with Gasteiger partial charge in [-0.3, -0.25) is 9.59 Å². The summed E-state index contributed by atoms with van der Waals surface area (Å²) in [6, 6.07) is 12.0. The van der Waals surface area contributed by atoms with Crippen LogP contribution in [0, 0.1) is 17.6 Å². The Bertz CT molecular complexity index is 1100. The van der Waals surface area contributed by atoms with Gasteiger partial charge in [0.25, 0.3) is 5.91 Å². The van der Waals surface area contributed by atoms with Crippen LogP contribution in [0.2, 0.25) is 5.02 Å².